The van der Waals surface area contributed by atoms with Crippen LogP contribution in [-0.2, 0) is 19.1 Å². The number of esters is 2. The molecule has 0 aliphatic carbocycles. The van der Waals surface area contributed by atoms with Gasteiger partial charge in [-0.1, -0.05) is 96.3 Å². The molecule has 0 radical (unpaired) electrons. The molecule has 0 aliphatic rings. The molecular formula is C26H46O4. The van der Waals surface area contributed by atoms with Gasteiger partial charge in [-0.2, -0.15) is 0 Å². The summed E-state index contributed by atoms with van der Waals surface area (Å²) in [6.07, 6.45) is 19.3. The van der Waals surface area contributed by atoms with Crippen molar-refractivity contribution in [3.63, 3.8) is 0 Å². The predicted molar refractivity (Wildman–Crippen MR) is 124 cm³/mol. The molecule has 0 bridgehead atoms. The second-order valence-electron chi connectivity index (χ2n) is 8.08. The maximum atomic E-state index is 11.7. The first kappa shape index (κ1) is 28.5. The number of hydrogen-bond acceptors (Lipinski definition) is 4. The van der Waals surface area contributed by atoms with Crippen molar-refractivity contribution in [2.45, 2.75) is 129 Å². The van der Waals surface area contributed by atoms with Gasteiger partial charge in [-0.25, -0.2) is 0 Å². The molecule has 0 aromatic rings. The van der Waals surface area contributed by atoms with Gasteiger partial charge in [0.2, 0.25) is 0 Å². The van der Waals surface area contributed by atoms with E-state index in [9.17, 15) is 9.59 Å². The molecule has 0 aromatic carbocycles. The van der Waals surface area contributed by atoms with Gasteiger partial charge in [0.05, 0.1) is 6.61 Å². The molecule has 0 saturated carbocycles. The molecule has 0 spiro atoms. The summed E-state index contributed by atoms with van der Waals surface area (Å²) in [5, 5.41) is 0. The van der Waals surface area contributed by atoms with Gasteiger partial charge in [0.25, 0.3) is 0 Å². The van der Waals surface area contributed by atoms with Crippen LogP contribution in [0.1, 0.15) is 129 Å². The average Bonchev–Trinajstić information content (AvgIpc) is 2.74. The fourth-order valence-corrected chi connectivity index (χ4v) is 3.21. The second kappa shape index (κ2) is 23.8. The molecule has 0 rings (SSSR count). The first-order valence-corrected chi connectivity index (χ1v) is 12.5. The van der Waals surface area contributed by atoms with E-state index in [1.807, 2.05) is 6.92 Å². The Kier molecular flexibility index (Phi) is 22.6. The Hall–Kier alpha value is -1.50. The summed E-state index contributed by atoms with van der Waals surface area (Å²) >= 11 is 0. The van der Waals surface area contributed by atoms with Crippen LogP contribution in [0.4, 0.5) is 0 Å². The van der Waals surface area contributed by atoms with Crippen molar-refractivity contribution in [1.29, 1.82) is 0 Å². The molecule has 4 heteroatoms. The molecule has 0 aliphatic heterocycles. The Morgan fingerprint density at radius 2 is 1.07 bits per heavy atom. The second-order valence-corrected chi connectivity index (χ2v) is 8.08. The van der Waals surface area contributed by atoms with Crippen LogP contribution in [-0.4, -0.2) is 25.2 Å². The molecular weight excluding hydrogens is 376 g/mol. The standard InChI is InChI=1S/C26H46O4/c1-3-5-6-7-8-9-10-11-14-17-20-24-30-26(28)22-19-16-13-12-15-18-21-25(27)29-23-4-2/h3-16,18-19,21-24H2,1-2H3. The van der Waals surface area contributed by atoms with Crippen LogP contribution in [0.15, 0.2) is 0 Å². The molecule has 0 amide bonds. The summed E-state index contributed by atoms with van der Waals surface area (Å²) in [5.41, 5.74) is 0. The maximum absolute atomic E-state index is 11.7. The summed E-state index contributed by atoms with van der Waals surface area (Å²) in [5.74, 6) is 5.83. The first-order valence-electron chi connectivity index (χ1n) is 12.5. The topological polar surface area (TPSA) is 52.6 Å². The molecule has 0 aromatic heterocycles. The van der Waals surface area contributed by atoms with E-state index >= 15 is 0 Å². The largest absolute Gasteiger partial charge is 0.466 e. The molecule has 30 heavy (non-hydrogen) atoms. The number of carbonyl (C=O) groups excluding carboxylic acids is 2. The highest BCUT2D eigenvalue weighted by Crippen LogP contribution is 2.10. The summed E-state index contributed by atoms with van der Waals surface area (Å²) in [7, 11) is 0. The number of hydrogen-bond donors (Lipinski definition) is 0. The van der Waals surface area contributed by atoms with E-state index in [1.165, 1.54) is 44.9 Å². The number of rotatable bonds is 20. The van der Waals surface area contributed by atoms with E-state index in [4.69, 9.17) is 9.47 Å². The monoisotopic (exact) mass is 422 g/mol. The first-order chi connectivity index (χ1) is 14.7. The fraction of sp³-hybridized carbons (Fsp3) is 0.846. The normalized spacial score (nSPS) is 10.3. The zero-order valence-electron chi connectivity index (χ0n) is 19.8. The van der Waals surface area contributed by atoms with Gasteiger partial charge in [-0.05, 0) is 25.7 Å². The van der Waals surface area contributed by atoms with Gasteiger partial charge in [-0.3, -0.25) is 9.59 Å². The molecule has 174 valence electrons. The van der Waals surface area contributed by atoms with Crippen molar-refractivity contribution in [2.24, 2.45) is 0 Å². The summed E-state index contributed by atoms with van der Waals surface area (Å²) in [4.78, 5) is 23.0. The van der Waals surface area contributed by atoms with Gasteiger partial charge < -0.3 is 9.47 Å². The van der Waals surface area contributed by atoms with Crippen molar-refractivity contribution >= 4 is 11.9 Å². The molecule has 0 atom stereocenters. The Morgan fingerprint density at radius 3 is 1.63 bits per heavy atom. The van der Waals surface area contributed by atoms with Gasteiger partial charge in [-0.15, -0.1) is 0 Å². The quantitative estimate of drug-likeness (QED) is 0.119. The van der Waals surface area contributed by atoms with Crippen LogP contribution in [0, 0.1) is 11.8 Å². The minimum absolute atomic E-state index is 0.0829. The van der Waals surface area contributed by atoms with Gasteiger partial charge in [0.1, 0.15) is 0 Å². The molecule has 0 fully saturated rings. The van der Waals surface area contributed by atoms with Gasteiger partial charge >= 0.3 is 11.9 Å². The van der Waals surface area contributed by atoms with Gasteiger partial charge in [0, 0.05) is 19.3 Å². The summed E-state index contributed by atoms with van der Waals surface area (Å²) in [6.45, 7) is 5.00. The highest BCUT2D eigenvalue weighted by atomic mass is 16.5. The smallest absolute Gasteiger partial charge is 0.306 e. The lowest BCUT2D eigenvalue weighted by atomic mass is 10.1. The number of unbranched alkanes of at least 4 members (excludes halogenated alkanes) is 13. The van der Waals surface area contributed by atoms with E-state index in [-0.39, 0.29) is 18.5 Å². The van der Waals surface area contributed by atoms with Crippen molar-refractivity contribution in [1.82, 2.24) is 0 Å². The third-order valence-electron chi connectivity index (χ3n) is 5.06. The third kappa shape index (κ3) is 22.8. The minimum atomic E-state index is -0.143. The van der Waals surface area contributed by atoms with Crippen molar-refractivity contribution in [3.8, 4) is 11.8 Å². The van der Waals surface area contributed by atoms with E-state index in [1.54, 1.807) is 0 Å². The zero-order valence-corrected chi connectivity index (χ0v) is 19.8. The Balaban J connectivity index is 3.33. The van der Waals surface area contributed by atoms with Crippen molar-refractivity contribution in [2.75, 3.05) is 13.2 Å². The van der Waals surface area contributed by atoms with Crippen molar-refractivity contribution < 1.29 is 19.1 Å². The Labute approximate surface area is 185 Å². The van der Waals surface area contributed by atoms with E-state index < -0.39 is 0 Å². The molecule has 0 saturated heterocycles. The predicted octanol–water partition coefficient (Wildman–Crippen LogP) is 7.14. The number of ether oxygens (including phenoxy) is 2. The third-order valence-corrected chi connectivity index (χ3v) is 5.06. The Bertz CT molecular complexity index is 461. The molecule has 0 heterocycles. The minimum Gasteiger partial charge on any atom is -0.466 e. The number of carbonyl (C=O) groups is 2. The van der Waals surface area contributed by atoms with Crippen molar-refractivity contribution in [3.05, 3.63) is 0 Å². The van der Waals surface area contributed by atoms with Crippen LogP contribution >= 0.6 is 0 Å². The van der Waals surface area contributed by atoms with Crippen LogP contribution < -0.4 is 0 Å². The van der Waals surface area contributed by atoms with Crippen LogP contribution in [0.3, 0.4) is 0 Å². The maximum Gasteiger partial charge on any atom is 0.306 e. The van der Waals surface area contributed by atoms with E-state index in [0.29, 0.717) is 19.4 Å². The lowest BCUT2D eigenvalue weighted by Gasteiger charge is -2.03. The van der Waals surface area contributed by atoms with Crippen LogP contribution in [0.5, 0.6) is 0 Å². The molecule has 4 nitrogen and oxygen atoms in total. The zero-order chi connectivity index (χ0) is 22.1. The highest BCUT2D eigenvalue weighted by molar-refractivity contribution is 5.69. The average molecular weight is 423 g/mol. The van der Waals surface area contributed by atoms with Crippen LogP contribution in [0.2, 0.25) is 0 Å². The molecule has 0 unspecified atom stereocenters. The van der Waals surface area contributed by atoms with E-state index in [2.05, 4.69) is 18.8 Å². The lowest BCUT2D eigenvalue weighted by Crippen LogP contribution is -2.05. The van der Waals surface area contributed by atoms with Gasteiger partial charge in [0.15, 0.2) is 6.61 Å². The van der Waals surface area contributed by atoms with Crippen LogP contribution in [0.25, 0.3) is 0 Å². The highest BCUT2D eigenvalue weighted by Gasteiger charge is 2.03. The Morgan fingerprint density at radius 1 is 0.567 bits per heavy atom. The molecule has 0 N–H and O–H groups in total. The SMILES string of the molecule is CCCCCCCCCCC#CCOC(=O)CCCCCCCCC(=O)OCCC. The summed E-state index contributed by atoms with van der Waals surface area (Å²) in [6, 6.07) is 0. The fourth-order valence-electron chi connectivity index (χ4n) is 3.21. The lowest BCUT2D eigenvalue weighted by molar-refractivity contribution is -0.144. The summed E-state index contributed by atoms with van der Waals surface area (Å²) < 4.78 is 10.2. The van der Waals surface area contributed by atoms with E-state index in [0.717, 1.165) is 57.8 Å².